The third kappa shape index (κ3) is 1.01. The van der Waals surface area contributed by atoms with Crippen LogP contribution in [0.25, 0.3) is 0 Å². The number of nitrogens with one attached hydrogen (secondary N) is 2. The Morgan fingerprint density at radius 1 is 1.30 bits per heavy atom. The minimum absolute atomic E-state index is 0.0337. The van der Waals surface area contributed by atoms with Gasteiger partial charge in [0.05, 0.1) is 0 Å². The molecule has 0 bridgehead atoms. The van der Waals surface area contributed by atoms with Gasteiger partial charge in [-0.2, -0.15) is 0 Å². The minimum atomic E-state index is -0.457. The van der Waals surface area contributed by atoms with Crippen molar-refractivity contribution in [1.29, 1.82) is 0 Å². The second kappa shape index (κ2) is 2.14. The van der Waals surface area contributed by atoms with Gasteiger partial charge in [-0.3, -0.25) is 9.78 Å². The van der Waals surface area contributed by atoms with Crippen molar-refractivity contribution in [2.24, 2.45) is 0 Å². The van der Waals surface area contributed by atoms with Crippen LogP contribution in [0.5, 0.6) is 0 Å². The van der Waals surface area contributed by atoms with Gasteiger partial charge in [-0.25, -0.2) is 0 Å². The number of H-pyrrole nitrogens is 2. The zero-order chi connectivity index (χ0) is 7.72. The lowest BCUT2D eigenvalue weighted by molar-refractivity contribution is 1.10. The monoisotopic (exact) mass is 160 g/mol. The third-order valence-electron chi connectivity index (χ3n) is 1.01. The molecule has 1 aromatic heterocycles. The summed E-state index contributed by atoms with van der Waals surface area (Å²) in [5, 5.41) is 0. The maximum Gasteiger partial charge on any atom is 0.277 e. The van der Waals surface area contributed by atoms with Crippen LogP contribution >= 0.6 is 12.2 Å². The number of aromatic amines is 2. The first-order chi connectivity index (χ1) is 4.61. The van der Waals surface area contributed by atoms with Crippen LogP contribution in [0.2, 0.25) is 0 Å². The molecular weight excluding hydrogens is 154 g/mol. The fourth-order valence-electron chi connectivity index (χ4n) is 0.514. The summed E-state index contributed by atoms with van der Waals surface area (Å²) < 4.78 is 0.178. The molecule has 0 aromatic carbocycles. The number of anilines is 2. The van der Waals surface area contributed by atoms with Gasteiger partial charge in [-0.1, -0.05) is 0 Å². The molecule has 0 amide bonds. The Hall–Kier alpha value is -1.30. The first kappa shape index (κ1) is 6.81. The van der Waals surface area contributed by atoms with Gasteiger partial charge >= 0.3 is 0 Å². The molecule has 0 aliphatic carbocycles. The molecule has 0 atom stereocenters. The first-order valence-electron chi connectivity index (χ1n) is 2.49. The maximum atomic E-state index is 10.7. The molecule has 1 heterocycles. The molecule has 0 aliphatic rings. The van der Waals surface area contributed by atoms with Gasteiger partial charge in [0, 0.05) is 0 Å². The average Bonchev–Trinajstić information content (AvgIpc) is 1.82. The Balaban J connectivity index is 3.62. The van der Waals surface area contributed by atoms with E-state index in [-0.39, 0.29) is 16.3 Å². The van der Waals surface area contributed by atoms with E-state index in [1.807, 2.05) is 0 Å². The van der Waals surface area contributed by atoms with Crippen LogP contribution in [0.3, 0.4) is 0 Å². The van der Waals surface area contributed by atoms with E-state index in [0.29, 0.717) is 0 Å². The molecule has 6 heteroatoms. The van der Waals surface area contributed by atoms with Gasteiger partial charge in [-0.15, -0.1) is 0 Å². The van der Waals surface area contributed by atoms with Crippen LogP contribution in [0.4, 0.5) is 11.5 Å². The zero-order valence-electron chi connectivity index (χ0n) is 4.97. The summed E-state index contributed by atoms with van der Waals surface area (Å²) >= 11 is 4.60. The SMILES string of the molecule is Nc1[nH][13c](=S)[nH]c(=O)c1[15NH2]. The van der Waals surface area contributed by atoms with Gasteiger partial charge in [0.15, 0.2) is 4.77 Å². The molecule has 1 aromatic rings. The van der Waals surface area contributed by atoms with Gasteiger partial charge in [0.1, 0.15) is 11.5 Å². The Morgan fingerprint density at radius 2 is 1.90 bits per heavy atom. The van der Waals surface area contributed by atoms with Gasteiger partial charge in [-0.05, 0) is 12.2 Å². The highest BCUT2D eigenvalue weighted by Gasteiger charge is 1.97. The van der Waals surface area contributed by atoms with Crippen molar-refractivity contribution in [3.05, 3.63) is 15.1 Å². The smallest absolute Gasteiger partial charge is 0.277 e. The highest BCUT2D eigenvalue weighted by molar-refractivity contribution is 7.71. The van der Waals surface area contributed by atoms with E-state index >= 15 is 0 Å². The lowest BCUT2D eigenvalue weighted by Crippen LogP contribution is -2.15. The van der Waals surface area contributed by atoms with Gasteiger partial charge in [0.25, 0.3) is 5.56 Å². The summed E-state index contributed by atoms with van der Waals surface area (Å²) in [4.78, 5) is 15.5. The van der Waals surface area contributed by atoms with Gasteiger partial charge in [0.2, 0.25) is 0 Å². The van der Waals surface area contributed by atoms with Crippen LogP contribution in [0, 0.1) is 4.77 Å². The van der Waals surface area contributed by atoms with Crippen molar-refractivity contribution >= 4 is 23.7 Å². The van der Waals surface area contributed by atoms with Crippen molar-refractivity contribution in [2.75, 3.05) is 11.5 Å². The number of hydrogen-bond donors (Lipinski definition) is 4. The molecule has 0 saturated heterocycles. The molecule has 5 nitrogen and oxygen atoms in total. The highest BCUT2D eigenvalue weighted by atomic mass is 32.1. The molecule has 10 heavy (non-hydrogen) atoms. The van der Waals surface area contributed by atoms with Crippen LogP contribution in [-0.2, 0) is 0 Å². The van der Waals surface area contributed by atoms with Crippen LogP contribution in [-0.4, -0.2) is 9.97 Å². The van der Waals surface area contributed by atoms with Gasteiger partial charge < -0.3 is 16.5 Å². The van der Waals surface area contributed by atoms with Crippen molar-refractivity contribution in [3.63, 3.8) is 0 Å². The average molecular weight is 160 g/mol. The molecule has 0 fully saturated rings. The largest absolute Gasteiger partial charge is 0.391 e. The number of nitrogens with two attached hydrogens (primary N) is 2. The molecule has 1 rings (SSSR count). The predicted molar refractivity (Wildman–Crippen MR) is 41.1 cm³/mol. The predicted octanol–water partition coefficient (Wildman–Crippen LogP) is -0.403. The van der Waals surface area contributed by atoms with E-state index in [2.05, 4.69) is 22.2 Å². The van der Waals surface area contributed by atoms with Crippen molar-refractivity contribution in [3.8, 4) is 0 Å². The Kier molecular flexibility index (Phi) is 1.46. The van der Waals surface area contributed by atoms with Crippen molar-refractivity contribution < 1.29 is 0 Å². The molecule has 0 saturated carbocycles. The standard InChI is InChI=1S/C4H6N4OS/c5-1-2(6)7-4(10)8-3(1)9/h5H2,(H4,6,7,8,9,10)/i4+1,5+1. The van der Waals surface area contributed by atoms with E-state index < -0.39 is 5.56 Å². The first-order valence-corrected chi connectivity index (χ1v) is 2.89. The summed E-state index contributed by atoms with van der Waals surface area (Å²) in [6, 6.07) is 0. The summed E-state index contributed by atoms with van der Waals surface area (Å²) in [7, 11) is 0. The summed E-state index contributed by atoms with van der Waals surface area (Å²) in [5.74, 6) is 0.105. The van der Waals surface area contributed by atoms with Crippen LogP contribution in [0.1, 0.15) is 0 Å². The van der Waals surface area contributed by atoms with Crippen LogP contribution < -0.4 is 17.0 Å². The van der Waals surface area contributed by atoms with E-state index in [9.17, 15) is 4.79 Å². The number of rotatable bonds is 0. The molecule has 0 aliphatic heterocycles. The molecule has 0 unspecified atom stereocenters. The lowest BCUT2D eigenvalue weighted by Gasteiger charge is -1.95. The summed E-state index contributed by atoms with van der Waals surface area (Å²) in [6.07, 6.45) is 0. The Bertz CT molecular complexity index is 351. The zero-order valence-corrected chi connectivity index (χ0v) is 5.79. The number of aromatic nitrogens is 2. The molecule has 54 valence electrons. The third-order valence-corrected chi connectivity index (χ3v) is 1.21. The van der Waals surface area contributed by atoms with Crippen molar-refractivity contribution in [1.82, 2.24) is 9.97 Å². The van der Waals surface area contributed by atoms with E-state index in [0.717, 1.165) is 0 Å². The molecule has 0 radical (unpaired) electrons. The molecule has 6 N–H and O–H groups in total. The molecule has 0 spiro atoms. The van der Waals surface area contributed by atoms with E-state index in [4.69, 9.17) is 11.5 Å². The normalized spacial score (nSPS) is 9.60. The number of hydrogen-bond acceptors (Lipinski definition) is 4. The molecular formula is C4H6N4OS. The lowest BCUT2D eigenvalue weighted by atomic mass is 10.5. The fourth-order valence-corrected chi connectivity index (χ4v) is 0.716. The van der Waals surface area contributed by atoms with Crippen molar-refractivity contribution in [2.45, 2.75) is 0 Å². The minimum Gasteiger partial charge on any atom is -0.391 e. The summed E-state index contributed by atoms with van der Waals surface area (Å²) in [5.41, 5.74) is 9.97. The maximum absolute atomic E-state index is 10.7. The Labute approximate surface area is 61.1 Å². The topological polar surface area (TPSA) is 101 Å². The summed E-state index contributed by atoms with van der Waals surface area (Å²) in [6.45, 7) is 0. The van der Waals surface area contributed by atoms with E-state index in [1.165, 1.54) is 0 Å². The second-order valence-electron chi connectivity index (χ2n) is 1.74. The quantitative estimate of drug-likeness (QED) is 0.306. The highest BCUT2D eigenvalue weighted by Crippen LogP contribution is 1.99. The van der Waals surface area contributed by atoms with E-state index in [1.54, 1.807) is 0 Å². The van der Waals surface area contributed by atoms with Crippen LogP contribution in [0.15, 0.2) is 4.79 Å². The Morgan fingerprint density at radius 3 is 2.40 bits per heavy atom. The number of nitrogen functional groups attached to an aromatic ring is 2. The second-order valence-corrected chi connectivity index (χ2v) is 2.14. The fraction of sp³-hybridized carbons (Fsp3) is 0.